The minimum absolute atomic E-state index is 0. The number of aryl methyl sites for hydroxylation is 1. The molecule has 0 aromatic carbocycles. The van der Waals surface area contributed by atoms with Gasteiger partial charge in [-0.05, 0) is 31.4 Å². The average Bonchev–Trinajstić information content (AvgIpc) is 3.28. The smallest absolute Gasteiger partial charge is 0.242 e. The molecule has 4 N–H and O–H groups in total. The van der Waals surface area contributed by atoms with Crippen LogP contribution < -0.4 is 15.4 Å². The lowest BCUT2D eigenvalue weighted by Gasteiger charge is -2.20. The van der Waals surface area contributed by atoms with Crippen molar-refractivity contribution in [1.29, 1.82) is 0 Å². The van der Waals surface area contributed by atoms with Gasteiger partial charge in [0, 0.05) is 44.0 Å². The van der Waals surface area contributed by atoms with Crippen molar-refractivity contribution in [2.24, 2.45) is 12.0 Å². The molecule has 0 saturated heterocycles. The molecule has 0 bridgehead atoms. The molecular formula is C17H28IN5O3S2. The first-order valence-corrected chi connectivity index (χ1v) is 11.0. The van der Waals surface area contributed by atoms with Crippen molar-refractivity contribution in [3.63, 3.8) is 0 Å². The highest BCUT2D eigenvalue weighted by molar-refractivity contribution is 14.0. The van der Waals surface area contributed by atoms with E-state index in [1.807, 2.05) is 24.4 Å². The maximum absolute atomic E-state index is 12.2. The van der Waals surface area contributed by atoms with E-state index in [4.69, 9.17) is 0 Å². The second-order valence-electron chi connectivity index (χ2n) is 6.28. The maximum Gasteiger partial charge on any atom is 0.242 e. The van der Waals surface area contributed by atoms with E-state index >= 15 is 0 Å². The second kappa shape index (κ2) is 11.1. The van der Waals surface area contributed by atoms with Crippen molar-refractivity contribution in [1.82, 2.24) is 19.9 Å². The van der Waals surface area contributed by atoms with E-state index in [-0.39, 0.29) is 42.0 Å². The third-order valence-corrected chi connectivity index (χ3v) is 6.34. The summed E-state index contributed by atoms with van der Waals surface area (Å²) in [5, 5.41) is 18.6. The summed E-state index contributed by atoms with van der Waals surface area (Å²) in [5.74, 6) is 0.522. The van der Waals surface area contributed by atoms with Gasteiger partial charge in [-0.25, -0.2) is 18.1 Å². The highest BCUT2D eigenvalue weighted by Crippen LogP contribution is 2.25. The number of nitrogens with one attached hydrogen (secondary N) is 3. The summed E-state index contributed by atoms with van der Waals surface area (Å²) in [4.78, 5) is 5.49. The van der Waals surface area contributed by atoms with Gasteiger partial charge in [0.05, 0.1) is 11.4 Å². The Morgan fingerprint density at radius 2 is 2.07 bits per heavy atom. The van der Waals surface area contributed by atoms with Crippen molar-refractivity contribution in [2.75, 3.05) is 26.2 Å². The van der Waals surface area contributed by atoms with E-state index in [1.165, 1.54) is 11.3 Å². The number of halogens is 1. The molecule has 0 aliphatic carbocycles. The fourth-order valence-corrected chi connectivity index (χ4v) is 4.19. The lowest BCUT2D eigenvalue weighted by molar-refractivity contribution is 0.0711. The molecule has 158 valence electrons. The highest BCUT2D eigenvalue weighted by atomic mass is 127. The predicted molar refractivity (Wildman–Crippen MR) is 124 cm³/mol. The van der Waals surface area contributed by atoms with Gasteiger partial charge in [0.15, 0.2) is 5.96 Å². The van der Waals surface area contributed by atoms with Crippen LogP contribution in [0.5, 0.6) is 0 Å². The summed E-state index contributed by atoms with van der Waals surface area (Å²) in [6.07, 6.45) is 3.23. The van der Waals surface area contributed by atoms with Gasteiger partial charge in [0.25, 0.3) is 0 Å². The molecule has 2 heterocycles. The summed E-state index contributed by atoms with van der Waals surface area (Å²) in [5.41, 5.74) is -1.05. The third kappa shape index (κ3) is 7.35. The monoisotopic (exact) mass is 541 g/mol. The fraction of sp³-hybridized carbons (Fsp3) is 0.471. The molecule has 2 aromatic rings. The van der Waals surface area contributed by atoms with Crippen LogP contribution in [0.25, 0.3) is 0 Å². The molecule has 0 saturated carbocycles. The van der Waals surface area contributed by atoms with Gasteiger partial charge >= 0.3 is 0 Å². The first kappa shape index (κ1) is 24.9. The van der Waals surface area contributed by atoms with Crippen molar-refractivity contribution < 1.29 is 13.5 Å². The summed E-state index contributed by atoms with van der Waals surface area (Å²) in [6.45, 7) is 5.08. The number of hydrogen-bond acceptors (Lipinski definition) is 5. The van der Waals surface area contributed by atoms with Crippen molar-refractivity contribution in [3.8, 4) is 0 Å². The molecule has 2 rings (SSSR count). The standard InChI is InChI=1S/C17H27N5O3S2.HI/c1-4-18-16(20-13-17(2,23)15-6-5-11-26-15)19-8-9-21-27(24,25)14-7-10-22(3)12-14;/h5-7,10-12,21,23H,4,8-9,13H2,1-3H3,(H2,18,19,20);1H. The number of rotatable bonds is 9. The molecule has 2 aromatic heterocycles. The number of guanidine groups is 1. The second-order valence-corrected chi connectivity index (χ2v) is 9.00. The Hall–Kier alpha value is -1.15. The van der Waals surface area contributed by atoms with E-state index < -0.39 is 15.6 Å². The summed E-state index contributed by atoms with van der Waals surface area (Å²) >= 11 is 1.48. The number of thiophene rings is 1. The Morgan fingerprint density at radius 3 is 2.64 bits per heavy atom. The predicted octanol–water partition coefficient (Wildman–Crippen LogP) is 1.45. The van der Waals surface area contributed by atoms with Crippen LogP contribution >= 0.6 is 35.3 Å². The Kier molecular flexibility index (Phi) is 9.90. The number of aromatic nitrogens is 1. The zero-order valence-corrected chi connectivity index (χ0v) is 20.1. The van der Waals surface area contributed by atoms with Crippen LogP contribution in [-0.4, -0.2) is 50.2 Å². The maximum atomic E-state index is 12.2. The largest absolute Gasteiger partial charge is 0.383 e. The number of nitrogens with zero attached hydrogens (tertiary/aromatic N) is 2. The number of aliphatic hydroxyl groups is 1. The lowest BCUT2D eigenvalue weighted by Crippen LogP contribution is -2.42. The minimum atomic E-state index is -3.52. The van der Waals surface area contributed by atoms with Crippen LogP contribution in [0, 0.1) is 0 Å². The van der Waals surface area contributed by atoms with Gasteiger partial charge < -0.3 is 20.3 Å². The summed E-state index contributed by atoms with van der Waals surface area (Å²) in [7, 11) is -1.76. The normalized spacial score (nSPS) is 14.2. The molecule has 28 heavy (non-hydrogen) atoms. The van der Waals surface area contributed by atoms with E-state index in [1.54, 1.807) is 37.0 Å². The molecule has 0 aliphatic rings. The van der Waals surface area contributed by atoms with E-state index in [0.717, 1.165) is 4.88 Å². The van der Waals surface area contributed by atoms with Crippen LogP contribution in [0.4, 0.5) is 0 Å². The van der Waals surface area contributed by atoms with Crippen molar-refractivity contribution in [2.45, 2.75) is 24.3 Å². The van der Waals surface area contributed by atoms with Crippen LogP contribution in [-0.2, 0) is 22.7 Å². The first-order valence-electron chi connectivity index (χ1n) is 8.65. The van der Waals surface area contributed by atoms with Crippen LogP contribution in [0.15, 0.2) is 45.9 Å². The average molecular weight is 541 g/mol. The highest BCUT2D eigenvalue weighted by Gasteiger charge is 2.24. The molecular weight excluding hydrogens is 513 g/mol. The van der Waals surface area contributed by atoms with Gasteiger partial charge in [-0.1, -0.05) is 6.07 Å². The van der Waals surface area contributed by atoms with Crippen LogP contribution in [0.1, 0.15) is 18.7 Å². The summed E-state index contributed by atoms with van der Waals surface area (Å²) < 4.78 is 28.6. The van der Waals surface area contributed by atoms with Gasteiger partial charge in [-0.15, -0.1) is 35.3 Å². The minimum Gasteiger partial charge on any atom is -0.383 e. The SMILES string of the molecule is CCNC(=NCC(C)(O)c1cccs1)NCCNS(=O)(=O)c1ccn(C)c1.I. The zero-order chi connectivity index (χ0) is 19.9. The van der Waals surface area contributed by atoms with Gasteiger partial charge in [0.1, 0.15) is 5.60 Å². The Balaban J connectivity index is 0.00000392. The van der Waals surface area contributed by atoms with E-state index in [0.29, 0.717) is 19.0 Å². The Labute approximate surface area is 187 Å². The van der Waals surface area contributed by atoms with Crippen LogP contribution in [0.2, 0.25) is 0 Å². The summed E-state index contributed by atoms with van der Waals surface area (Å²) in [6, 6.07) is 5.31. The fourth-order valence-electron chi connectivity index (χ4n) is 2.32. The van der Waals surface area contributed by atoms with Gasteiger partial charge in [-0.2, -0.15) is 0 Å². The molecule has 1 unspecified atom stereocenters. The van der Waals surface area contributed by atoms with Crippen molar-refractivity contribution in [3.05, 3.63) is 40.8 Å². The Bertz CT molecular complexity index is 848. The molecule has 0 radical (unpaired) electrons. The number of hydrogen-bond donors (Lipinski definition) is 4. The quantitative estimate of drug-likeness (QED) is 0.166. The number of sulfonamides is 1. The van der Waals surface area contributed by atoms with E-state index in [9.17, 15) is 13.5 Å². The Morgan fingerprint density at radius 1 is 1.32 bits per heavy atom. The zero-order valence-electron chi connectivity index (χ0n) is 16.2. The van der Waals surface area contributed by atoms with Gasteiger partial charge in [0.2, 0.25) is 10.0 Å². The van der Waals surface area contributed by atoms with Crippen molar-refractivity contribution >= 4 is 51.3 Å². The molecule has 0 amide bonds. The topological polar surface area (TPSA) is 108 Å². The molecule has 0 fully saturated rings. The molecule has 0 spiro atoms. The van der Waals surface area contributed by atoms with Gasteiger partial charge in [-0.3, -0.25) is 0 Å². The molecule has 11 heteroatoms. The van der Waals surface area contributed by atoms with Crippen LogP contribution in [0.3, 0.4) is 0 Å². The lowest BCUT2D eigenvalue weighted by atomic mass is 10.1. The number of aliphatic imine (C=N–C) groups is 1. The van der Waals surface area contributed by atoms with E-state index in [2.05, 4.69) is 20.3 Å². The first-order chi connectivity index (χ1) is 12.7. The molecule has 8 nitrogen and oxygen atoms in total. The molecule has 1 atom stereocenters. The third-order valence-electron chi connectivity index (χ3n) is 3.77. The molecule has 0 aliphatic heterocycles.